The number of aromatic hydroxyl groups is 1. The number of benzene rings is 1. The van der Waals surface area contributed by atoms with E-state index in [1.54, 1.807) is 12.1 Å². The summed E-state index contributed by atoms with van der Waals surface area (Å²) in [6.45, 7) is 0. The predicted molar refractivity (Wildman–Crippen MR) is 62.7 cm³/mol. The lowest BCUT2D eigenvalue weighted by atomic mass is 10.1. The van der Waals surface area contributed by atoms with E-state index in [1.165, 1.54) is 24.4 Å². The molecule has 0 aliphatic carbocycles. The molecule has 0 bridgehead atoms. The minimum atomic E-state index is -1.04. The number of phenolic OH excluding ortho intramolecular Hbond substituents is 1. The molecule has 1 aromatic heterocycles. The topological polar surface area (TPSA) is 96.4 Å². The van der Waals surface area contributed by atoms with Crippen molar-refractivity contribution in [3.05, 3.63) is 42.1 Å². The first kappa shape index (κ1) is 10.9. The Kier molecular flexibility index (Phi) is 2.66. The lowest BCUT2D eigenvalue weighted by Crippen LogP contribution is -1.97. The summed E-state index contributed by atoms with van der Waals surface area (Å²) in [4.78, 5) is 14.8. The SMILES string of the molecule is Nc1ccc(O)c(-c2cc(C(=O)O)ccn2)c1. The molecule has 5 nitrogen and oxygen atoms in total. The van der Waals surface area contributed by atoms with Crippen LogP contribution in [-0.4, -0.2) is 21.2 Å². The molecule has 86 valence electrons. The van der Waals surface area contributed by atoms with E-state index in [4.69, 9.17) is 10.8 Å². The third-order valence-corrected chi connectivity index (χ3v) is 2.30. The predicted octanol–water partition coefficient (Wildman–Crippen LogP) is 1.73. The van der Waals surface area contributed by atoms with Gasteiger partial charge < -0.3 is 15.9 Å². The van der Waals surface area contributed by atoms with Gasteiger partial charge in [-0.2, -0.15) is 0 Å². The molecule has 0 saturated heterocycles. The number of rotatable bonds is 2. The lowest BCUT2D eigenvalue weighted by molar-refractivity contribution is 0.0697. The van der Waals surface area contributed by atoms with Crippen molar-refractivity contribution in [2.24, 2.45) is 0 Å². The fourth-order valence-electron chi connectivity index (χ4n) is 1.47. The Hall–Kier alpha value is -2.56. The number of nitrogens with two attached hydrogens (primary N) is 1. The summed E-state index contributed by atoms with van der Waals surface area (Å²) in [6, 6.07) is 7.31. The van der Waals surface area contributed by atoms with E-state index in [9.17, 15) is 9.90 Å². The average molecular weight is 230 g/mol. The zero-order valence-corrected chi connectivity index (χ0v) is 8.79. The van der Waals surface area contributed by atoms with Crippen LogP contribution in [0, 0.1) is 0 Å². The molecule has 1 heterocycles. The van der Waals surface area contributed by atoms with Crippen molar-refractivity contribution in [1.82, 2.24) is 4.98 Å². The minimum absolute atomic E-state index is 0.00855. The fraction of sp³-hybridized carbons (Fsp3) is 0. The number of aromatic nitrogens is 1. The van der Waals surface area contributed by atoms with E-state index in [-0.39, 0.29) is 11.3 Å². The molecule has 0 radical (unpaired) electrons. The summed E-state index contributed by atoms with van der Waals surface area (Å²) in [5, 5.41) is 18.5. The highest BCUT2D eigenvalue weighted by Gasteiger charge is 2.09. The fourth-order valence-corrected chi connectivity index (χ4v) is 1.47. The van der Waals surface area contributed by atoms with Crippen molar-refractivity contribution in [3.8, 4) is 17.0 Å². The van der Waals surface area contributed by atoms with Gasteiger partial charge in [-0.1, -0.05) is 0 Å². The lowest BCUT2D eigenvalue weighted by Gasteiger charge is -2.05. The number of nitrogen functional groups attached to an aromatic ring is 1. The number of aromatic carboxylic acids is 1. The van der Waals surface area contributed by atoms with Crippen LogP contribution in [0.5, 0.6) is 5.75 Å². The van der Waals surface area contributed by atoms with Crippen molar-refractivity contribution < 1.29 is 15.0 Å². The monoisotopic (exact) mass is 230 g/mol. The number of hydrogen-bond donors (Lipinski definition) is 3. The molecule has 0 saturated carbocycles. The van der Waals surface area contributed by atoms with Gasteiger partial charge in [0.1, 0.15) is 5.75 Å². The summed E-state index contributed by atoms with van der Waals surface area (Å²) in [5.41, 5.74) is 6.97. The molecule has 0 aliphatic heterocycles. The number of anilines is 1. The van der Waals surface area contributed by atoms with Crippen LogP contribution >= 0.6 is 0 Å². The number of carboxylic acids is 1. The molecule has 0 unspecified atom stereocenters. The van der Waals surface area contributed by atoms with Crippen LogP contribution in [-0.2, 0) is 0 Å². The summed E-state index contributed by atoms with van der Waals surface area (Å²) < 4.78 is 0. The van der Waals surface area contributed by atoms with E-state index in [1.807, 2.05) is 0 Å². The van der Waals surface area contributed by atoms with E-state index in [0.717, 1.165) is 0 Å². The second kappa shape index (κ2) is 4.13. The van der Waals surface area contributed by atoms with Crippen molar-refractivity contribution in [1.29, 1.82) is 0 Å². The Morgan fingerprint density at radius 3 is 2.71 bits per heavy atom. The molecule has 0 spiro atoms. The molecule has 0 aliphatic rings. The van der Waals surface area contributed by atoms with Crippen LogP contribution in [0.3, 0.4) is 0 Å². The highest BCUT2D eigenvalue weighted by Crippen LogP contribution is 2.29. The molecule has 5 heteroatoms. The molecule has 0 fully saturated rings. The first-order chi connectivity index (χ1) is 8.08. The molecular formula is C12H10N2O3. The van der Waals surface area contributed by atoms with Crippen molar-refractivity contribution in [3.63, 3.8) is 0 Å². The summed E-state index contributed by atoms with van der Waals surface area (Å²) >= 11 is 0. The van der Waals surface area contributed by atoms with Gasteiger partial charge in [0.15, 0.2) is 0 Å². The van der Waals surface area contributed by atoms with E-state index in [0.29, 0.717) is 16.9 Å². The zero-order chi connectivity index (χ0) is 12.4. The van der Waals surface area contributed by atoms with Gasteiger partial charge in [-0.05, 0) is 30.3 Å². The first-order valence-electron chi connectivity index (χ1n) is 4.86. The number of nitrogens with zero attached hydrogens (tertiary/aromatic N) is 1. The number of carbonyl (C=O) groups is 1. The second-order valence-corrected chi connectivity index (χ2v) is 3.51. The van der Waals surface area contributed by atoms with Crippen molar-refractivity contribution in [2.75, 3.05) is 5.73 Å². The number of pyridine rings is 1. The smallest absolute Gasteiger partial charge is 0.335 e. The summed E-state index contributed by atoms with van der Waals surface area (Å²) in [7, 11) is 0. The highest BCUT2D eigenvalue weighted by molar-refractivity contribution is 5.89. The van der Waals surface area contributed by atoms with Crippen LogP contribution in [0.25, 0.3) is 11.3 Å². The first-order valence-corrected chi connectivity index (χ1v) is 4.86. The summed E-state index contributed by atoms with van der Waals surface area (Å²) in [6.07, 6.45) is 1.38. The Bertz CT molecular complexity index is 582. The average Bonchev–Trinajstić information content (AvgIpc) is 2.32. The number of phenols is 1. The van der Waals surface area contributed by atoms with Crippen LogP contribution in [0.15, 0.2) is 36.5 Å². The maximum atomic E-state index is 10.8. The van der Waals surface area contributed by atoms with Gasteiger partial charge in [0, 0.05) is 17.4 Å². The molecule has 4 N–H and O–H groups in total. The number of hydrogen-bond acceptors (Lipinski definition) is 4. The maximum Gasteiger partial charge on any atom is 0.335 e. The zero-order valence-electron chi connectivity index (χ0n) is 8.79. The highest BCUT2D eigenvalue weighted by atomic mass is 16.4. The van der Waals surface area contributed by atoms with Crippen LogP contribution in [0.1, 0.15) is 10.4 Å². The number of carboxylic acid groups (broad SMARTS) is 1. The summed E-state index contributed by atoms with van der Waals surface area (Å²) in [5.74, 6) is -1.04. The van der Waals surface area contributed by atoms with Gasteiger partial charge >= 0.3 is 5.97 Å². The Labute approximate surface area is 97.2 Å². The Morgan fingerprint density at radius 1 is 1.24 bits per heavy atom. The van der Waals surface area contributed by atoms with Gasteiger partial charge in [0.2, 0.25) is 0 Å². The van der Waals surface area contributed by atoms with E-state index in [2.05, 4.69) is 4.98 Å². The third kappa shape index (κ3) is 2.17. The van der Waals surface area contributed by atoms with Gasteiger partial charge in [-0.3, -0.25) is 4.98 Å². The minimum Gasteiger partial charge on any atom is -0.507 e. The van der Waals surface area contributed by atoms with E-state index >= 15 is 0 Å². The molecular weight excluding hydrogens is 220 g/mol. The third-order valence-electron chi connectivity index (χ3n) is 2.30. The van der Waals surface area contributed by atoms with Crippen molar-refractivity contribution >= 4 is 11.7 Å². The molecule has 0 amide bonds. The normalized spacial score (nSPS) is 10.1. The standard InChI is InChI=1S/C12H10N2O3/c13-8-1-2-11(15)9(6-8)10-5-7(12(16)17)3-4-14-10/h1-6,15H,13H2,(H,16,17). The van der Waals surface area contributed by atoms with Gasteiger partial charge in [-0.15, -0.1) is 0 Å². The molecule has 0 atom stereocenters. The molecule has 1 aromatic carbocycles. The van der Waals surface area contributed by atoms with Gasteiger partial charge in [-0.25, -0.2) is 4.79 Å². The van der Waals surface area contributed by atoms with E-state index < -0.39 is 5.97 Å². The van der Waals surface area contributed by atoms with Crippen LogP contribution < -0.4 is 5.73 Å². The van der Waals surface area contributed by atoms with Gasteiger partial charge in [0.25, 0.3) is 0 Å². The Morgan fingerprint density at radius 2 is 2.00 bits per heavy atom. The molecule has 2 aromatic rings. The second-order valence-electron chi connectivity index (χ2n) is 3.51. The van der Waals surface area contributed by atoms with Crippen LogP contribution in [0.4, 0.5) is 5.69 Å². The molecule has 2 rings (SSSR count). The van der Waals surface area contributed by atoms with Crippen molar-refractivity contribution in [2.45, 2.75) is 0 Å². The largest absolute Gasteiger partial charge is 0.507 e. The molecule has 17 heavy (non-hydrogen) atoms. The Balaban J connectivity index is 2.56. The van der Waals surface area contributed by atoms with Crippen LogP contribution in [0.2, 0.25) is 0 Å². The quantitative estimate of drug-likeness (QED) is 0.539. The maximum absolute atomic E-state index is 10.8. The van der Waals surface area contributed by atoms with Gasteiger partial charge in [0.05, 0.1) is 11.3 Å².